The Labute approximate surface area is 101 Å². The molecule has 0 saturated carbocycles. The lowest BCUT2D eigenvalue weighted by Crippen LogP contribution is -2.08. The Morgan fingerprint density at radius 3 is 2.53 bits per heavy atom. The van der Waals surface area contributed by atoms with Crippen LogP contribution in [-0.2, 0) is 6.61 Å². The molecule has 0 amide bonds. The smallest absolute Gasteiger partial charge is 0.120 e. The van der Waals surface area contributed by atoms with E-state index in [-0.39, 0.29) is 0 Å². The highest BCUT2D eigenvalue weighted by Gasteiger charge is 1.99. The van der Waals surface area contributed by atoms with E-state index in [1.807, 2.05) is 55.5 Å². The maximum absolute atomic E-state index is 5.70. The van der Waals surface area contributed by atoms with Crippen LogP contribution in [0.2, 0.25) is 0 Å². The topological polar surface area (TPSA) is 47.3 Å². The van der Waals surface area contributed by atoms with Crippen LogP contribution in [0.25, 0.3) is 0 Å². The molecular weight excluding hydrogens is 212 g/mol. The lowest BCUT2D eigenvalue weighted by atomic mass is 10.2. The second-order valence-electron chi connectivity index (χ2n) is 3.90. The maximum Gasteiger partial charge on any atom is 0.120 e. The van der Waals surface area contributed by atoms with Crippen LogP contribution >= 0.6 is 0 Å². The van der Waals surface area contributed by atoms with Gasteiger partial charge in [-0.15, -0.1) is 0 Å². The molecule has 0 aliphatic rings. The van der Waals surface area contributed by atoms with E-state index in [9.17, 15) is 0 Å². The highest BCUT2D eigenvalue weighted by molar-refractivity contribution is 5.52. The molecule has 2 rings (SSSR count). The molecule has 0 atom stereocenters. The van der Waals surface area contributed by atoms with E-state index in [1.165, 1.54) is 0 Å². The van der Waals surface area contributed by atoms with Gasteiger partial charge >= 0.3 is 0 Å². The normalized spacial score (nSPS) is 10.0. The van der Waals surface area contributed by atoms with Gasteiger partial charge in [0.25, 0.3) is 0 Å². The molecule has 0 radical (unpaired) electrons. The first-order chi connectivity index (χ1) is 8.29. The molecule has 0 fully saturated rings. The molecule has 0 bridgehead atoms. The SMILES string of the molecule is Cc1cc(OCc2ccccc2)ccc1NN. The standard InChI is InChI=1S/C14H16N2O/c1-11-9-13(7-8-14(11)16-15)17-10-12-5-3-2-4-6-12/h2-9,16H,10,15H2,1H3. The number of rotatable bonds is 4. The Balaban J connectivity index is 2.02. The minimum Gasteiger partial charge on any atom is -0.489 e. The van der Waals surface area contributed by atoms with Gasteiger partial charge < -0.3 is 10.2 Å². The summed E-state index contributed by atoms with van der Waals surface area (Å²) in [5, 5.41) is 0. The molecule has 3 heteroatoms. The van der Waals surface area contributed by atoms with Crippen LogP contribution in [0.4, 0.5) is 5.69 Å². The molecule has 0 aliphatic heterocycles. The van der Waals surface area contributed by atoms with Crippen LogP contribution < -0.4 is 16.0 Å². The molecule has 88 valence electrons. The lowest BCUT2D eigenvalue weighted by molar-refractivity contribution is 0.306. The molecule has 3 nitrogen and oxygen atoms in total. The van der Waals surface area contributed by atoms with Crippen molar-refractivity contribution in [1.82, 2.24) is 0 Å². The van der Waals surface area contributed by atoms with Crippen LogP contribution in [0.1, 0.15) is 11.1 Å². The Hall–Kier alpha value is -2.00. The third-order valence-corrected chi connectivity index (χ3v) is 2.60. The Morgan fingerprint density at radius 1 is 1.12 bits per heavy atom. The third kappa shape index (κ3) is 2.98. The second-order valence-corrected chi connectivity index (χ2v) is 3.90. The first-order valence-corrected chi connectivity index (χ1v) is 5.53. The molecule has 2 aromatic carbocycles. The molecule has 0 unspecified atom stereocenters. The van der Waals surface area contributed by atoms with Crippen molar-refractivity contribution >= 4 is 5.69 Å². The molecule has 0 heterocycles. The van der Waals surface area contributed by atoms with Gasteiger partial charge in [-0.2, -0.15) is 0 Å². The Kier molecular flexibility index (Phi) is 3.62. The van der Waals surface area contributed by atoms with Crippen molar-refractivity contribution in [2.45, 2.75) is 13.5 Å². The predicted molar refractivity (Wildman–Crippen MR) is 69.8 cm³/mol. The number of ether oxygens (including phenoxy) is 1. The largest absolute Gasteiger partial charge is 0.489 e. The van der Waals surface area contributed by atoms with Crippen molar-refractivity contribution in [1.29, 1.82) is 0 Å². The fraction of sp³-hybridized carbons (Fsp3) is 0.143. The van der Waals surface area contributed by atoms with E-state index in [0.717, 1.165) is 22.6 Å². The number of hydrazine groups is 1. The van der Waals surface area contributed by atoms with E-state index in [1.54, 1.807) is 0 Å². The summed E-state index contributed by atoms with van der Waals surface area (Å²) >= 11 is 0. The molecular formula is C14H16N2O. The summed E-state index contributed by atoms with van der Waals surface area (Å²) in [5.41, 5.74) is 5.78. The predicted octanol–water partition coefficient (Wildman–Crippen LogP) is 2.86. The van der Waals surface area contributed by atoms with Crippen LogP contribution in [0.5, 0.6) is 5.75 Å². The van der Waals surface area contributed by atoms with E-state index < -0.39 is 0 Å². The highest BCUT2D eigenvalue weighted by atomic mass is 16.5. The van der Waals surface area contributed by atoms with E-state index in [4.69, 9.17) is 10.6 Å². The number of aryl methyl sites for hydroxylation is 1. The van der Waals surface area contributed by atoms with Gasteiger partial charge in [0.05, 0.1) is 5.69 Å². The lowest BCUT2D eigenvalue weighted by Gasteiger charge is -2.09. The summed E-state index contributed by atoms with van der Waals surface area (Å²) in [6, 6.07) is 15.9. The van der Waals surface area contributed by atoms with Crippen LogP contribution in [-0.4, -0.2) is 0 Å². The molecule has 3 N–H and O–H groups in total. The Bertz CT molecular complexity index is 483. The molecule has 2 aromatic rings. The van der Waals surface area contributed by atoms with Gasteiger partial charge in [-0.1, -0.05) is 30.3 Å². The van der Waals surface area contributed by atoms with Crippen molar-refractivity contribution in [3.8, 4) is 5.75 Å². The zero-order chi connectivity index (χ0) is 12.1. The zero-order valence-corrected chi connectivity index (χ0v) is 9.81. The number of nitrogen functional groups attached to an aromatic ring is 1. The molecule has 0 aromatic heterocycles. The number of hydrogen-bond donors (Lipinski definition) is 2. The summed E-state index contributed by atoms with van der Waals surface area (Å²) in [4.78, 5) is 0. The van der Waals surface area contributed by atoms with Crippen molar-refractivity contribution in [2.24, 2.45) is 5.84 Å². The summed E-state index contributed by atoms with van der Waals surface area (Å²) in [6.07, 6.45) is 0. The minimum atomic E-state index is 0.579. The monoisotopic (exact) mass is 228 g/mol. The average Bonchev–Trinajstić information content (AvgIpc) is 2.38. The van der Waals surface area contributed by atoms with Gasteiger partial charge in [0, 0.05) is 0 Å². The molecule has 17 heavy (non-hydrogen) atoms. The molecule has 0 aliphatic carbocycles. The van der Waals surface area contributed by atoms with Crippen molar-refractivity contribution in [3.05, 3.63) is 59.7 Å². The van der Waals surface area contributed by atoms with Gasteiger partial charge in [0.2, 0.25) is 0 Å². The number of nitrogens with two attached hydrogens (primary N) is 1. The van der Waals surface area contributed by atoms with Crippen LogP contribution in [0, 0.1) is 6.92 Å². The van der Waals surface area contributed by atoms with Crippen molar-refractivity contribution in [3.63, 3.8) is 0 Å². The summed E-state index contributed by atoms with van der Waals surface area (Å²) in [6.45, 7) is 2.57. The van der Waals surface area contributed by atoms with Gasteiger partial charge in [0.1, 0.15) is 12.4 Å². The first kappa shape index (κ1) is 11.5. The number of hydrogen-bond acceptors (Lipinski definition) is 3. The number of nitrogens with one attached hydrogen (secondary N) is 1. The maximum atomic E-state index is 5.70. The molecule has 0 spiro atoms. The first-order valence-electron chi connectivity index (χ1n) is 5.53. The van der Waals surface area contributed by atoms with Gasteiger partial charge in [-0.25, -0.2) is 0 Å². The van der Waals surface area contributed by atoms with E-state index >= 15 is 0 Å². The summed E-state index contributed by atoms with van der Waals surface area (Å²) < 4.78 is 5.70. The quantitative estimate of drug-likeness (QED) is 0.625. The van der Waals surface area contributed by atoms with Gasteiger partial charge in [-0.3, -0.25) is 5.84 Å². The van der Waals surface area contributed by atoms with Gasteiger partial charge in [0.15, 0.2) is 0 Å². The highest BCUT2D eigenvalue weighted by Crippen LogP contribution is 2.21. The van der Waals surface area contributed by atoms with E-state index in [2.05, 4.69) is 5.43 Å². The second kappa shape index (κ2) is 5.37. The zero-order valence-electron chi connectivity index (χ0n) is 9.81. The number of anilines is 1. The fourth-order valence-corrected chi connectivity index (χ4v) is 1.63. The summed E-state index contributed by atoms with van der Waals surface area (Å²) in [5.74, 6) is 6.23. The summed E-state index contributed by atoms with van der Waals surface area (Å²) in [7, 11) is 0. The average molecular weight is 228 g/mol. The van der Waals surface area contributed by atoms with Crippen molar-refractivity contribution < 1.29 is 4.74 Å². The number of benzene rings is 2. The third-order valence-electron chi connectivity index (χ3n) is 2.60. The fourth-order valence-electron chi connectivity index (χ4n) is 1.63. The minimum absolute atomic E-state index is 0.579. The van der Waals surface area contributed by atoms with Gasteiger partial charge in [-0.05, 0) is 36.2 Å². The Morgan fingerprint density at radius 2 is 1.88 bits per heavy atom. The van der Waals surface area contributed by atoms with Crippen LogP contribution in [0.15, 0.2) is 48.5 Å². The van der Waals surface area contributed by atoms with Crippen molar-refractivity contribution in [2.75, 3.05) is 5.43 Å². The van der Waals surface area contributed by atoms with E-state index in [0.29, 0.717) is 6.61 Å². The van der Waals surface area contributed by atoms with Crippen LogP contribution in [0.3, 0.4) is 0 Å². The molecule has 0 saturated heterocycles.